The zero-order valence-corrected chi connectivity index (χ0v) is 12.7. The number of anilines is 1. The van der Waals surface area contributed by atoms with Crippen molar-refractivity contribution in [3.63, 3.8) is 0 Å². The lowest BCUT2D eigenvalue weighted by molar-refractivity contribution is -0.164. The Balaban J connectivity index is 1.90. The molecule has 0 amide bonds. The first kappa shape index (κ1) is 14.4. The van der Waals surface area contributed by atoms with E-state index >= 15 is 0 Å². The molecule has 2 atom stereocenters. The molecule has 0 bridgehead atoms. The van der Waals surface area contributed by atoms with Gasteiger partial charge in [0.25, 0.3) is 0 Å². The molecule has 0 fully saturated rings. The molecule has 0 saturated carbocycles. The molecule has 1 N–H and O–H groups in total. The van der Waals surface area contributed by atoms with Gasteiger partial charge in [-0.1, -0.05) is 18.2 Å². The van der Waals surface area contributed by atoms with Gasteiger partial charge < -0.3 is 14.8 Å². The van der Waals surface area contributed by atoms with Crippen LogP contribution in [0.15, 0.2) is 48.5 Å². The van der Waals surface area contributed by atoms with Crippen LogP contribution < -0.4 is 10.1 Å². The maximum Gasteiger partial charge on any atom is 0.209 e. The van der Waals surface area contributed by atoms with Gasteiger partial charge in [-0.3, -0.25) is 0 Å². The van der Waals surface area contributed by atoms with Crippen molar-refractivity contribution in [2.75, 3.05) is 12.4 Å². The topological polar surface area (TPSA) is 54.3 Å². The average molecular weight is 294 g/mol. The zero-order valence-electron chi connectivity index (χ0n) is 12.7. The number of hydrogen-bond acceptors (Lipinski definition) is 4. The molecule has 2 aromatic carbocycles. The van der Waals surface area contributed by atoms with Crippen molar-refractivity contribution >= 4 is 5.69 Å². The van der Waals surface area contributed by atoms with Crippen molar-refractivity contribution in [3.05, 3.63) is 59.7 Å². The predicted octanol–water partition coefficient (Wildman–Crippen LogP) is 3.86. The number of ether oxygens (including phenoxy) is 2. The van der Waals surface area contributed by atoms with Crippen LogP contribution in [0, 0.1) is 11.3 Å². The molecule has 0 saturated heterocycles. The Kier molecular flexibility index (Phi) is 3.74. The van der Waals surface area contributed by atoms with Crippen LogP contribution in [-0.2, 0) is 4.74 Å². The Morgan fingerprint density at radius 2 is 1.95 bits per heavy atom. The maximum absolute atomic E-state index is 8.88. The first-order chi connectivity index (χ1) is 10.6. The fourth-order valence-corrected chi connectivity index (χ4v) is 2.71. The summed E-state index contributed by atoms with van der Waals surface area (Å²) < 4.78 is 11.5. The van der Waals surface area contributed by atoms with Gasteiger partial charge >= 0.3 is 0 Å². The van der Waals surface area contributed by atoms with Crippen molar-refractivity contribution in [1.82, 2.24) is 0 Å². The first-order valence-corrected chi connectivity index (χ1v) is 7.23. The third-order valence-corrected chi connectivity index (χ3v) is 3.98. The van der Waals surface area contributed by atoms with E-state index in [-0.39, 0.29) is 6.04 Å². The third kappa shape index (κ3) is 2.76. The van der Waals surface area contributed by atoms with Crippen molar-refractivity contribution in [2.45, 2.75) is 25.2 Å². The third-order valence-electron chi connectivity index (χ3n) is 3.98. The van der Waals surface area contributed by atoms with Crippen LogP contribution >= 0.6 is 0 Å². The van der Waals surface area contributed by atoms with Gasteiger partial charge in [0.05, 0.1) is 17.7 Å². The molecule has 0 aliphatic carbocycles. The van der Waals surface area contributed by atoms with E-state index in [1.54, 1.807) is 7.11 Å². The molecule has 112 valence electrons. The fraction of sp³-hybridized carbons (Fsp3) is 0.278. The number of hydrogen-bond donors (Lipinski definition) is 1. The van der Waals surface area contributed by atoms with E-state index in [1.165, 1.54) is 0 Å². The highest BCUT2D eigenvalue weighted by Crippen LogP contribution is 2.41. The zero-order chi connectivity index (χ0) is 15.6. The smallest absolute Gasteiger partial charge is 0.209 e. The largest absolute Gasteiger partial charge is 0.462 e. The molecule has 3 rings (SSSR count). The van der Waals surface area contributed by atoms with Crippen molar-refractivity contribution in [3.8, 4) is 11.8 Å². The molecule has 22 heavy (non-hydrogen) atoms. The van der Waals surface area contributed by atoms with Gasteiger partial charge in [-0.2, -0.15) is 5.26 Å². The van der Waals surface area contributed by atoms with Crippen LogP contribution in [0.4, 0.5) is 5.69 Å². The predicted molar refractivity (Wildman–Crippen MR) is 84.6 cm³/mol. The number of rotatable bonds is 3. The lowest BCUT2D eigenvalue weighted by atomic mass is 9.94. The Morgan fingerprint density at radius 3 is 2.64 bits per heavy atom. The quantitative estimate of drug-likeness (QED) is 0.934. The number of fused-ring (bicyclic) bond motifs is 1. The summed E-state index contributed by atoms with van der Waals surface area (Å²) in [6.07, 6.45) is 0.695. The van der Waals surface area contributed by atoms with Crippen molar-refractivity contribution in [1.29, 1.82) is 5.26 Å². The monoisotopic (exact) mass is 294 g/mol. The molecule has 0 spiro atoms. The van der Waals surface area contributed by atoms with Crippen LogP contribution in [0.2, 0.25) is 0 Å². The normalized spacial score (nSPS) is 23.0. The van der Waals surface area contributed by atoms with Gasteiger partial charge in [0.2, 0.25) is 5.79 Å². The second kappa shape index (κ2) is 5.70. The van der Waals surface area contributed by atoms with Crippen LogP contribution in [-0.4, -0.2) is 12.9 Å². The summed E-state index contributed by atoms with van der Waals surface area (Å²) in [5.41, 5.74) is 2.74. The Labute approximate surface area is 130 Å². The SMILES string of the molecule is CO[C@@]1(C)C[C@@H](Nc2ccc(C#N)cc2)c2ccccc2O1. The second-order valence-electron chi connectivity index (χ2n) is 5.57. The molecule has 1 aliphatic rings. The van der Waals surface area contributed by atoms with Crippen LogP contribution in [0.1, 0.15) is 30.5 Å². The number of nitrogens with one attached hydrogen (secondary N) is 1. The van der Waals surface area contributed by atoms with Crippen LogP contribution in [0.5, 0.6) is 5.75 Å². The number of benzene rings is 2. The van der Waals surface area contributed by atoms with E-state index in [2.05, 4.69) is 17.5 Å². The molecule has 4 nitrogen and oxygen atoms in total. The summed E-state index contributed by atoms with van der Waals surface area (Å²) >= 11 is 0. The summed E-state index contributed by atoms with van der Waals surface area (Å²) in [5, 5.41) is 12.4. The molecular weight excluding hydrogens is 276 g/mol. The minimum atomic E-state index is -0.654. The summed E-state index contributed by atoms with van der Waals surface area (Å²) in [6, 6.07) is 17.6. The maximum atomic E-state index is 8.88. The highest BCUT2D eigenvalue weighted by Gasteiger charge is 2.37. The first-order valence-electron chi connectivity index (χ1n) is 7.23. The lowest BCUT2D eigenvalue weighted by Gasteiger charge is -2.39. The minimum absolute atomic E-state index is 0.0860. The highest BCUT2D eigenvalue weighted by molar-refractivity contribution is 5.51. The standard InChI is InChI=1S/C18H18N2O2/c1-18(21-2)11-16(15-5-3-4-6-17(15)22-18)20-14-9-7-13(12-19)8-10-14/h3-10,16,20H,11H2,1-2H3/t16-,18-/m1/s1. The van der Waals surface area contributed by atoms with Gasteiger partial charge in [0.1, 0.15) is 5.75 Å². The number of methoxy groups -OCH3 is 1. The molecule has 2 aromatic rings. The Bertz CT molecular complexity index is 706. The van der Waals surface area contributed by atoms with Crippen LogP contribution in [0.3, 0.4) is 0 Å². The number of para-hydroxylation sites is 1. The molecule has 0 unspecified atom stereocenters. The van der Waals surface area contributed by atoms with Crippen molar-refractivity contribution < 1.29 is 9.47 Å². The molecule has 1 heterocycles. The molecule has 4 heteroatoms. The van der Waals surface area contributed by atoms with Gasteiger partial charge in [-0.25, -0.2) is 0 Å². The van der Waals surface area contributed by atoms with Gasteiger partial charge in [0.15, 0.2) is 0 Å². The molecular formula is C18H18N2O2. The summed E-state index contributed by atoms with van der Waals surface area (Å²) in [5.74, 6) is 0.183. The van der Waals surface area contributed by atoms with E-state index in [0.29, 0.717) is 12.0 Å². The van der Waals surface area contributed by atoms with Gasteiger partial charge in [-0.05, 0) is 30.3 Å². The number of nitriles is 1. The second-order valence-corrected chi connectivity index (χ2v) is 5.57. The summed E-state index contributed by atoms with van der Waals surface area (Å²) in [4.78, 5) is 0. The van der Waals surface area contributed by atoms with E-state index in [9.17, 15) is 0 Å². The van der Waals surface area contributed by atoms with E-state index in [0.717, 1.165) is 17.0 Å². The number of nitrogens with zero attached hydrogens (tertiary/aromatic N) is 1. The highest BCUT2D eigenvalue weighted by atomic mass is 16.7. The van der Waals surface area contributed by atoms with Gasteiger partial charge in [0, 0.05) is 31.7 Å². The van der Waals surface area contributed by atoms with Gasteiger partial charge in [-0.15, -0.1) is 0 Å². The average Bonchev–Trinajstić information content (AvgIpc) is 2.55. The van der Waals surface area contributed by atoms with E-state index in [4.69, 9.17) is 14.7 Å². The summed E-state index contributed by atoms with van der Waals surface area (Å²) in [7, 11) is 1.66. The Hall–Kier alpha value is -2.51. The van der Waals surface area contributed by atoms with Crippen molar-refractivity contribution in [2.24, 2.45) is 0 Å². The lowest BCUT2D eigenvalue weighted by Crippen LogP contribution is -2.41. The van der Waals surface area contributed by atoms with E-state index in [1.807, 2.05) is 49.4 Å². The van der Waals surface area contributed by atoms with Crippen LogP contribution in [0.25, 0.3) is 0 Å². The Morgan fingerprint density at radius 1 is 1.23 bits per heavy atom. The molecule has 0 radical (unpaired) electrons. The minimum Gasteiger partial charge on any atom is -0.462 e. The summed E-state index contributed by atoms with van der Waals surface area (Å²) in [6.45, 7) is 1.94. The fourth-order valence-electron chi connectivity index (χ4n) is 2.71. The molecule has 1 aliphatic heterocycles. The van der Waals surface area contributed by atoms with E-state index < -0.39 is 5.79 Å². The molecule has 0 aromatic heterocycles.